The van der Waals surface area contributed by atoms with E-state index in [4.69, 9.17) is 37.9 Å². The van der Waals surface area contributed by atoms with Gasteiger partial charge in [-0.2, -0.15) is 5.10 Å². The van der Waals surface area contributed by atoms with Gasteiger partial charge >= 0.3 is 0 Å². The van der Waals surface area contributed by atoms with Crippen LogP contribution >= 0.6 is 0 Å². The number of aromatic amines is 2. The van der Waals surface area contributed by atoms with Gasteiger partial charge in [-0.25, -0.2) is 0 Å². The summed E-state index contributed by atoms with van der Waals surface area (Å²) in [7, 11) is 0. The highest BCUT2D eigenvalue weighted by atomic mass is 16.7. The monoisotopic (exact) mass is 1640 g/mol. The Kier molecular flexibility index (Phi) is 30.2. The maximum Gasteiger partial charge on any atom is 0.231 e. The zero-order valence-electron chi connectivity index (χ0n) is 78.8. The molecule has 0 unspecified atom stereocenters. The van der Waals surface area contributed by atoms with Gasteiger partial charge < -0.3 is 48.2 Å². The van der Waals surface area contributed by atoms with E-state index >= 15 is 0 Å². The van der Waals surface area contributed by atoms with E-state index in [2.05, 4.69) is 365 Å². The van der Waals surface area contributed by atoms with E-state index in [1.165, 1.54) is 126 Å². The van der Waals surface area contributed by atoms with Gasteiger partial charge in [-0.05, 0) is 255 Å². The minimum Gasteiger partial charge on any atom is -0.493 e. The SMILES string of the molecule is CC(C)(C)c1ccc2[nH]ccc2c1.CC(C)(C)c1ccc2[nH]ncc2c1.CC(C)(C)c1ccc2c(c1)CCCN2.CC(C)(C)c1ccc2c(c1)CCCO2.CC(C)(C)c1ccc2c(c1)CCO2.CC(C)(C)c1ccc2c(c1)OCC2.CC(C)(C)c1ccc2c(c1)OCCC2.CC(C)(C)c1ccc2c(c1)OCCO2.CC(C)(C)c1ccc2c(c1)OCO2. The Morgan fingerprint density at radius 3 is 1.09 bits per heavy atom. The van der Waals surface area contributed by atoms with E-state index < -0.39 is 0 Å². The average Bonchev–Trinajstić information content (AvgIpc) is 1.81. The van der Waals surface area contributed by atoms with Crippen LogP contribution in [0, 0.1) is 0 Å². The summed E-state index contributed by atoms with van der Waals surface area (Å²) >= 11 is 0. The van der Waals surface area contributed by atoms with Crippen molar-refractivity contribution in [2.75, 3.05) is 58.3 Å². The molecule has 0 fully saturated rings. The summed E-state index contributed by atoms with van der Waals surface area (Å²) in [6.45, 7) is 66.4. The molecule has 0 bridgehead atoms. The highest BCUT2D eigenvalue weighted by Crippen LogP contribution is 2.41. The fraction of sp³-hybridized carbons (Fsp3) is 0.477. The van der Waals surface area contributed by atoms with Gasteiger partial charge in [0.2, 0.25) is 6.79 Å². The zero-order chi connectivity index (χ0) is 88.1. The molecule has 12 heteroatoms. The summed E-state index contributed by atoms with van der Waals surface area (Å²) in [5.74, 6) is 7.82. The molecule has 0 saturated heterocycles. The van der Waals surface area contributed by atoms with Crippen molar-refractivity contribution in [2.24, 2.45) is 0 Å². The lowest BCUT2D eigenvalue weighted by molar-refractivity contribution is 0.171. The van der Waals surface area contributed by atoms with E-state index in [1.807, 2.05) is 24.5 Å². The van der Waals surface area contributed by atoms with E-state index in [0.29, 0.717) is 20.0 Å². The number of nitrogens with one attached hydrogen (secondary N) is 3. The quantitative estimate of drug-likeness (QED) is 0.135. The Morgan fingerprint density at radius 2 is 0.579 bits per heavy atom. The van der Waals surface area contributed by atoms with Gasteiger partial charge in [0.05, 0.1) is 38.1 Å². The summed E-state index contributed by atoms with van der Waals surface area (Å²) < 4.78 is 43.8. The van der Waals surface area contributed by atoms with Gasteiger partial charge in [0.25, 0.3) is 0 Å². The molecule has 7 aliphatic rings. The predicted molar refractivity (Wildman–Crippen MR) is 508 cm³/mol. The van der Waals surface area contributed by atoms with E-state index in [1.54, 1.807) is 0 Å². The zero-order valence-corrected chi connectivity index (χ0v) is 78.8. The van der Waals surface area contributed by atoms with E-state index in [0.717, 1.165) is 110 Å². The van der Waals surface area contributed by atoms with Crippen LogP contribution in [0.3, 0.4) is 0 Å². The van der Waals surface area contributed by atoms with Gasteiger partial charge in [0, 0.05) is 42.2 Å². The van der Waals surface area contributed by atoms with E-state index in [9.17, 15) is 0 Å². The van der Waals surface area contributed by atoms with Crippen molar-refractivity contribution in [3.8, 4) is 46.0 Å². The molecule has 0 saturated carbocycles. The van der Waals surface area contributed by atoms with Crippen LogP contribution in [0.15, 0.2) is 182 Å². The first-order valence-electron chi connectivity index (χ1n) is 44.4. The smallest absolute Gasteiger partial charge is 0.231 e. The molecule has 9 aromatic carbocycles. The van der Waals surface area contributed by atoms with Crippen LogP contribution in [0.1, 0.15) is 284 Å². The van der Waals surface area contributed by atoms with Crippen molar-refractivity contribution in [3.63, 3.8) is 0 Å². The third-order valence-corrected chi connectivity index (χ3v) is 23.0. The molecule has 0 atom stereocenters. The number of fused-ring (bicyclic) bond motifs is 9. The lowest BCUT2D eigenvalue weighted by Gasteiger charge is -2.24. The summed E-state index contributed by atoms with van der Waals surface area (Å²) in [5, 5.41) is 12.9. The van der Waals surface area contributed by atoms with Crippen molar-refractivity contribution in [2.45, 2.75) is 287 Å². The molecular weight excluding hydrogens is 1490 g/mol. The van der Waals surface area contributed by atoms with E-state index in [-0.39, 0.29) is 48.7 Å². The number of anilines is 1. The Labute approximate surface area is 727 Å². The Bertz CT molecular complexity index is 4680. The first-order chi connectivity index (χ1) is 56.6. The Balaban J connectivity index is 0.000000143. The van der Waals surface area contributed by atoms with Crippen LogP contribution < -0.4 is 43.2 Å². The van der Waals surface area contributed by atoms with Crippen LogP contribution in [-0.4, -0.2) is 68.2 Å². The molecule has 121 heavy (non-hydrogen) atoms. The van der Waals surface area contributed by atoms with Crippen molar-refractivity contribution in [3.05, 3.63) is 260 Å². The summed E-state index contributed by atoms with van der Waals surface area (Å²) in [4.78, 5) is 3.20. The van der Waals surface area contributed by atoms with Gasteiger partial charge in [0.15, 0.2) is 23.0 Å². The first kappa shape index (κ1) is 93.5. The number of H-pyrrole nitrogens is 2. The number of benzene rings is 9. The summed E-state index contributed by atoms with van der Waals surface area (Å²) in [5.41, 5.74) is 24.9. The maximum absolute atomic E-state index is 5.66. The molecule has 2 aromatic heterocycles. The normalized spacial score (nSPS) is 14.8. The largest absolute Gasteiger partial charge is 0.493 e. The molecule has 0 radical (unpaired) electrons. The third kappa shape index (κ3) is 26.8. The molecule has 0 spiro atoms. The number of aromatic nitrogens is 3. The Hall–Kier alpha value is -9.81. The average molecular weight is 1640 g/mol. The van der Waals surface area contributed by atoms with Gasteiger partial charge in [-0.1, -0.05) is 272 Å². The standard InChI is InChI=1S/C13H19N.2C13H18O.C12H15N.C12H16O2.2C12H16O.C11H14N2.C11H14O2/c2*1-13(2,3)11-6-7-12-10(9-11)5-4-8-14-12;1-13(2,3)11-7-6-10-5-4-8-14-12(10)9-11;1-12(2,3)10-4-5-11-9(8-10)6-7-13-11;1-12(2,3)9-4-5-10-11(8-9)14-7-6-13-10;1-12(2,3)10-4-5-11-9(8-10)6-7-13-11;1-12(2,3)10-5-4-9-6-7-13-11(9)8-10;1-11(2,3)9-4-5-10-8(6-9)7-12-13-10;1-11(2,3)8-4-5-9-10(6-8)13-7-12-9/h6-7,9,14H,4-5,8H2,1-3H3;2*6-7,9H,4-5,8H2,1-3H3;4-8,13H,1-3H3;4-5,8H,6-7H2,1-3H3;2*4-5,8H,6-7H2,1-3H3;4-7H,1-3H3,(H,12,13);4-6H,7H2,1-3H3. The summed E-state index contributed by atoms with van der Waals surface area (Å²) in [6.07, 6.45) is 13.1. The fourth-order valence-electron chi connectivity index (χ4n) is 14.7. The topological polar surface area (TPSA) is 130 Å². The Morgan fingerprint density at radius 1 is 0.248 bits per heavy atom. The van der Waals surface area contributed by atoms with Crippen molar-refractivity contribution < 1.29 is 37.9 Å². The second-order valence-electron chi connectivity index (χ2n) is 42.4. The number of nitrogens with zero attached hydrogens (tertiary/aromatic N) is 1. The van der Waals surface area contributed by atoms with Crippen LogP contribution in [0.5, 0.6) is 46.0 Å². The number of hydrogen-bond donors (Lipinski definition) is 3. The van der Waals surface area contributed by atoms with Gasteiger partial charge in [0.1, 0.15) is 36.2 Å². The number of rotatable bonds is 0. The molecule has 7 aliphatic heterocycles. The van der Waals surface area contributed by atoms with Gasteiger partial charge in [-0.3, -0.25) is 5.10 Å². The molecule has 0 aliphatic carbocycles. The van der Waals surface area contributed by atoms with Crippen LogP contribution in [0.4, 0.5) is 5.69 Å². The molecule has 0 amide bonds. The number of hydrogen-bond acceptors (Lipinski definition) is 10. The molecule has 9 heterocycles. The lowest BCUT2D eigenvalue weighted by atomic mass is 9.85. The second-order valence-corrected chi connectivity index (χ2v) is 42.4. The first-order valence-corrected chi connectivity index (χ1v) is 44.4. The minimum absolute atomic E-state index is 0.163. The predicted octanol–water partition coefficient (Wildman–Crippen LogP) is 27.6. The molecule has 18 rings (SSSR count). The molecule has 11 aromatic rings. The molecular formula is C109H146N4O8. The van der Waals surface area contributed by atoms with Crippen LogP contribution in [-0.2, 0) is 80.8 Å². The van der Waals surface area contributed by atoms with Crippen molar-refractivity contribution >= 4 is 27.5 Å². The molecule has 12 nitrogen and oxygen atoms in total. The van der Waals surface area contributed by atoms with Gasteiger partial charge in [-0.15, -0.1) is 0 Å². The van der Waals surface area contributed by atoms with Crippen molar-refractivity contribution in [1.29, 1.82) is 0 Å². The second kappa shape index (κ2) is 39.1. The molecule has 3 N–H and O–H groups in total. The number of aryl methyl sites for hydroxylation is 3. The van der Waals surface area contributed by atoms with Crippen molar-refractivity contribution in [1.82, 2.24) is 15.2 Å². The summed E-state index contributed by atoms with van der Waals surface area (Å²) in [6, 6.07) is 60.7. The third-order valence-electron chi connectivity index (χ3n) is 23.0. The highest BCUT2D eigenvalue weighted by Gasteiger charge is 2.26. The minimum atomic E-state index is 0.163. The van der Waals surface area contributed by atoms with Crippen LogP contribution in [0.2, 0.25) is 0 Å². The molecule has 650 valence electrons. The van der Waals surface area contributed by atoms with Crippen LogP contribution in [0.25, 0.3) is 21.8 Å². The lowest BCUT2D eigenvalue weighted by Crippen LogP contribution is -2.17. The fourth-order valence-corrected chi connectivity index (χ4v) is 14.7. The maximum atomic E-state index is 5.66. The number of ether oxygens (including phenoxy) is 8. The highest BCUT2D eigenvalue weighted by molar-refractivity contribution is 5.80.